The Balaban J connectivity index is 1.35. The van der Waals surface area contributed by atoms with Gasteiger partial charge in [0.1, 0.15) is 30.3 Å². The first-order valence-electron chi connectivity index (χ1n) is 18.3. The lowest BCUT2D eigenvalue weighted by molar-refractivity contribution is -0.142. The van der Waals surface area contributed by atoms with Gasteiger partial charge in [0.05, 0.1) is 17.9 Å². The number of fused-ring (bicyclic) bond motifs is 3. The molecule has 2 aliphatic heterocycles. The van der Waals surface area contributed by atoms with Crippen LogP contribution in [0.5, 0.6) is 11.8 Å². The third-order valence-corrected chi connectivity index (χ3v) is 13.6. The van der Waals surface area contributed by atoms with Crippen molar-refractivity contribution in [3.05, 3.63) is 41.4 Å². The molecule has 0 bridgehead atoms. The number of nitrogens with zero attached hydrogens (tertiary/aromatic N) is 2. The zero-order chi connectivity index (χ0) is 39.0. The molecule has 3 fully saturated rings. The fourth-order valence-corrected chi connectivity index (χ4v) is 9.01. The molecule has 2 saturated carbocycles. The summed E-state index contributed by atoms with van der Waals surface area (Å²) in [5.41, 5.74) is -1.57. The second-order valence-corrected chi connectivity index (χ2v) is 17.9. The molecule has 2 aliphatic carbocycles. The number of hydrogen-bond acceptors (Lipinski definition) is 10. The third kappa shape index (κ3) is 8.25. The first-order valence-corrected chi connectivity index (χ1v) is 20.2. The maximum Gasteiger partial charge on any atom is 0.405 e. The Hall–Kier alpha value is -4.15. The normalized spacial score (nSPS) is 29.5. The van der Waals surface area contributed by atoms with E-state index in [9.17, 15) is 32.7 Å². The van der Waals surface area contributed by atoms with Crippen molar-refractivity contribution in [2.75, 3.05) is 26.9 Å². The van der Waals surface area contributed by atoms with Crippen molar-refractivity contribution in [1.29, 1.82) is 0 Å². The number of pyridine rings is 1. The van der Waals surface area contributed by atoms with Crippen LogP contribution in [0, 0.1) is 17.8 Å². The smallest absolute Gasteiger partial charge is 0.405 e. The van der Waals surface area contributed by atoms with E-state index in [-0.39, 0.29) is 43.7 Å². The standard InChI is InChI=1S/C37H48ClN5O10S/c1-21-8-5-6-9-23-19-37(23,34(46)42-54(49,50)36(3)12-13-36)41-31(44)28-17-24(20-43(28)33(45)30(22(2)16-21)40-35(47)48)53-32-25-10-7-11-27(38)26(25)18-29(39-32)52-15-14-51-4/h6-7,9-11,18,21-24,28,30,40H,5,8,12-17,19-20H2,1-4H3,(H,41,44)(H,42,46)(H,47,48)/t21-,22+,23+,24+,28-,30-,37+/m0/s1. The number of rotatable bonds is 10. The second kappa shape index (κ2) is 15.5. The SMILES string of the molecule is COCCOc1cc2c(Cl)cccc2c(O[C@@H]2C[C@H]3C(=O)N[C@]4(C(=O)NS(=O)(=O)C5(C)CC5)C[C@H]4C=CCC[C@H](C)C[C@@H](C)[C@H](NC(=O)O)C(=O)N3C2)n1. The maximum absolute atomic E-state index is 14.5. The largest absolute Gasteiger partial charge is 0.475 e. The molecule has 4 amide bonds. The lowest BCUT2D eigenvalue weighted by atomic mass is 9.88. The predicted molar refractivity (Wildman–Crippen MR) is 199 cm³/mol. The van der Waals surface area contributed by atoms with Crippen molar-refractivity contribution in [1.82, 2.24) is 25.2 Å². The molecule has 4 aliphatic rings. The minimum atomic E-state index is -4.02. The summed E-state index contributed by atoms with van der Waals surface area (Å²) in [6.45, 7) is 5.77. The molecule has 1 aromatic heterocycles. The zero-order valence-electron chi connectivity index (χ0n) is 30.8. The van der Waals surface area contributed by atoms with E-state index < -0.39 is 74.1 Å². The monoisotopic (exact) mass is 789 g/mol. The molecule has 15 nitrogen and oxygen atoms in total. The van der Waals surface area contributed by atoms with E-state index in [1.54, 1.807) is 45.2 Å². The van der Waals surface area contributed by atoms with Gasteiger partial charge >= 0.3 is 6.09 Å². The zero-order valence-corrected chi connectivity index (χ0v) is 32.4. The average molecular weight is 790 g/mol. The summed E-state index contributed by atoms with van der Waals surface area (Å²) in [7, 11) is -2.48. The van der Waals surface area contributed by atoms with Gasteiger partial charge in [-0.3, -0.25) is 19.1 Å². The average Bonchev–Trinajstić information content (AvgIpc) is 3.99. The summed E-state index contributed by atoms with van der Waals surface area (Å²) >= 11 is 6.55. The summed E-state index contributed by atoms with van der Waals surface area (Å²) in [6.07, 6.45) is 4.38. The van der Waals surface area contributed by atoms with Crippen molar-refractivity contribution < 1.29 is 46.9 Å². The molecule has 0 unspecified atom stereocenters. The number of methoxy groups -OCH3 is 1. The summed E-state index contributed by atoms with van der Waals surface area (Å²) in [6, 6.07) is 4.49. The number of hydrogen-bond donors (Lipinski definition) is 4. The highest BCUT2D eigenvalue weighted by Gasteiger charge is 2.63. The van der Waals surface area contributed by atoms with E-state index in [4.69, 9.17) is 25.8 Å². The molecule has 294 valence electrons. The Kier molecular flexibility index (Phi) is 11.4. The Morgan fingerprint density at radius 2 is 1.91 bits per heavy atom. The van der Waals surface area contributed by atoms with Crippen LogP contribution >= 0.6 is 11.6 Å². The van der Waals surface area contributed by atoms with Gasteiger partial charge < -0.3 is 34.9 Å². The predicted octanol–water partition coefficient (Wildman–Crippen LogP) is 3.78. The van der Waals surface area contributed by atoms with Gasteiger partial charge in [-0.15, -0.1) is 0 Å². The number of benzene rings is 1. The number of carbonyl (C=O) groups is 4. The van der Waals surface area contributed by atoms with Crippen molar-refractivity contribution in [3.63, 3.8) is 0 Å². The molecule has 6 rings (SSSR count). The van der Waals surface area contributed by atoms with Crippen LogP contribution in [0.15, 0.2) is 36.4 Å². The molecule has 3 heterocycles. The van der Waals surface area contributed by atoms with Gasteiger partial charge in [-0.05, 0) is 69.4 Å². The lowest BCUT2D eigenvalue weighted by Crippen LogP contribution is -2.59. The minimum Gasteiger partial charge on any atom is -0.475 e. The Morgan fingerprint density at radius 1 is 1.15 bits per heavy atom. The van der Waals surface area contributed by atoms with Crippen LogP contribution in [0.4, 0.5) is 4.79 Å². The number of aromatic nitrogens is 1. The minimum absolute atomic E-state index is 0.0464. The second-order valence-electron chi connectivity index (χ2n) is 15.3. The number of sulfonamides is 1. The molecule has 17 heteroatoms. The van der Waals surface area contributed by atoms with Crippen LogP contribution in [-0.4, -0.2) is 103 Å². The van der Waals surface area contributed by atoms with Crippen LogP contribution in [-0.2, 0) is 29.1 Å². The molecule has 2 aromatic rings. The number of allylic oxidation sites excluding steroid dienone is 1. The van der Waals surface area contributed by atoms with E-state index >= 15 is 0 Å². The Bertz CT molecular complexity index is 1940. The van der Waals surface area contributed by atoms with Crippen LogP contribution in [0.2, 0.25) is 5.02 Å². The number of carboxylic acid groups (broad SMARTS) is 1. The van der Waals surface area contributed by atoms with Crippen molar-refractivity contribution in [3.8, 4) is 11.8 Å². The van der Waals surface area contributed by atoms with E-state index in [2.05, 4.69) is 20.3 Å². The van der Waals surface area contributed by atoms with Gasteiger partial charge in [0.2, 0.25) is 33.6 Å². The summed E-state index contributed by atoms with van der Waals surface area (Å²) in [4.78, 5) is 60.6. The first-order chi connectivity index (χ1) is 25.6. The number of amides is 4. The third-order valence-electron chi connectivity index (χ3n) is 11.1. The van der Waals surface area contributed by atoms with Gasteiger partial charge in [0.25, 0.3) is 5.91 Å². The fourth-order valence-electron chi connectivity index (χ4n) is 7.47. The molecule has 4 N–H and O–H groups in total. The van der Waals surface area contributed by atoms with Crippen molar-refractivity contribution >= 4 is 56.2 Å². The van der Waals surface area contributed by atoms with Crippen LogP contribution in [0.1, 0.15) is 65.7 Å². The molecule has 1 saturated heterocycles. The topological polar surface area (TPSA) is 203 Å². The van der Waals surface area contributed by atoms with Gasteiger partial charge in [0.15, 0.2) is 0 Å². The fraction of sp³-hybridized carbons (Fsp3) is 0.595. The highest BCUT2D eigenvalue weighted by atomic mass is 35.5. The summed E-state index contributed by atoms with van der Waals surface area (Å²) < 4.78 is 44.8. The number of ether oxygens (including phenoxy) is 3. The number of carbonyl (C=O) groups excluding carboxylic acids is 3. The highest BCUT2D eigenvalue weighted by molar-refractivity contribution is 7.91. The molecular formula is C37H48ClN5O10S. The highest BCUT2D eigenvalue weighted by Crippen LogP contribution is 2.47. The van der Waals surface area contributed by atoms with E-state index in [1.165, 1.54) is 4.90 Å². The molecule has 0 radical (unpaired) electrons. The Morgan fingerprint density at radius 3 is 2.61 bits per heavy atom. The van der Waals surface area contributed by atoms with E-state index in [0.29, 0.717) is 48.1 Å². The van der Waals surface area contributed by atoms with Crippen LogP contribution in [0.25, 0.3) is 10.8 Å². The van der Waals surface area contributed by atoms with Crippen LogP contribution < -0.4 is 24.8 Å². The first kappa shape index (κ1) is 39.5. The van der Waals surface area contributed by atoms with E-state index in [0.717, 1.165) is 6.42 Å². The molecular weight excluding hydrogens is 742 g/mol. The summed E-state index contributed by atoms with van der Waals surface area (Å²) in [5.74, 6) is -2.61. The molecule has 54 heavy (non-hydrogen) atoms. The molecule has 7 atom stereocenters. The maximum atomic E-state index is 14.5. The van der Waals surface area contributed by atoms with Gasteiger partial charge in [-0.1, -0.05) is 43.7 Å². The van der Waals surface area contributed by atoms with Gasteiger partial charge in [-0.2, -0.15) is 4.98 Å². The van der Waals surface area contributed by atoms with Gasteiger partial charge in [0, 0.05) is 41.3 Å². The van der Waals surface area contributed by atoms with Crippen molar-refractivity contribution in [2.45, 2.75) is 94.2 Å². The lowest BCUT2D eigenvalue weighted by Gasteiger charge is -2.32. The molecule has 1 aromatic carbocycles. The summed E-state index contributed by atoms with van der Waals surface area (Å²) in [5, 5.41) is 16.6. The number of halogens is 1. The quantitative estimate of drug-likeness (QED) is 0.202. The molecule has 0 spiro atoms. The van der Waals surface area contributed by atoms with Crippen molar-refractivity contribution in [2.24, 2.45) is 17.8 Å². The Labute approximate surface area is 319 Å². The van der Waals surface area contributed by atoms with Gasteiger partial charge in [-0.25, -0.2) is 13.2 Å². The van der Waals surface area contributed by atoms with Crippen LogP contribution in [0.3, 0.4) is 0 Å². The van der Waals surface area contributed by atoms with E-state index in [1.807, 2.05) is 19.1 Å². The number of nitrogens with one attached hydrogen (secondary N) is 3.